The van der Waals surface area contributed by atoms with Crippen molar-refractivity contribution in [3.05, 3.63) is 18.2 Å². The van der Waals surface area contributed by atoms with Gasteiger partial charge >= 0.3 is 0 Å². The summed E-state index contributed by atoms with van der Waals surface area (Å²) in [4.78, 5) is 4.13. The first kappa shape index (κ1) is 11.2. The first-order chi connectivity index (χ1) is 6.31. The van der Waals surface area contributed by atoms with E-state index in [2.05, 4.69) is 4.98 Å². The molecule has 80 valence electrons. The van der Waals surface area contributed by atoms with Gasteiger partial charge in [-0.3, -0.25) is 0 Å². The van der Waals surface area contributed by atoms with Crippen molar-refractivity contribution in [2.45, 2.75) is 32.0 Å². The molecule has 4 heteroatoms. The molecular weight excluding hydrogens is 180 g/mol. The van der Waals surface area contributed by atoms with Crippen molar-refractivity contribution in [2.75, 3.05) is 7.11 Å². The number of aromatic nitrogens is 2. The zero-order chi connectivity index (χ0) is 11.0. The van der Waals surface area contributed by atoms with E-state index < -0.39 is 11.2 Å². The van der Waals surface area contributed by atoms with Crippen molar-refractivity contribution in [1.29, 1.82) is 0 Å². The van der Waals surface area contributed by atoms with Crippen LogP contribution in [0.1, 0.15) is 26.5 Å². The average Bonchev–Trinajstić information content (AvgIpc) is 2.52. The normalized spacial score (nSPS) is 16.7. The maximum Gasteiger partial charge on any atom is 0.133 e. The molecule has 0 fully saturated rings. The second kappa shape index (κ2) is 3.37. The Balaban J connectivity index is 3.07. The molecule has 14 heavy (non-hydrogen) atoms. The van der Waals surface area contributed by atoms with Crippen LogP contribution in [-0.2, 0) is 17.4 Å². The van der Waals surface area contributed by atoms with Crippen molar-refractivity contribution in [3.8, 4) is 0 Å². The minimum absolute atomic E-state index is 0.617. The number of aryl methyl sites for hydroxylation is 1. The smallest absolute Gasteiger partial charge is 0.133 e. The molecule has 0 saturated heterocycles. The van der Waals surface area contributed by atoms with Gasteiger partial charge in [-0.05, 0) is 20.8 Å². The molecule has 1 atom stereocenters. The molecule has 0 aliphatic rings. The lowest BCUT2D eigenvalue weighted by atomic mass is 9.85. The minimum Gasteiger partial charge on any atom is -0.381 e. The Morgan fingerprint density at radius 1 is 1.43 bits per heavy atom. The number of hydrogen-bond donors (Lipinski definition) is 1. The van der Waals surface area contributed by atoms with Gasteiger partial charge in [0.1, 0.15) is 5.60 Å². The summed E-state index contributed by atoms with van der Waals surface area (Å²) >= 11 is 0. The highest BCUT2D eigenvalue weighted by molar-refractivity contribution is 5.13. The minimum atomic E-state index is -1.09. The van der Waals surface area contributed by atoms with Crippen molar-refractivity contribution in [1.82, 2.24) is 9.55 Å². The van der Waals surface area contributed by atoms with Gasteiger partial charge in [-0.25, -0.2) is 4.98 Å². The van der Waals surface area contributed by atoms with E-state index in [-0.39, 0.29) is 0 Å². The number of ether oxygens (including phenoxy) is 1. The maximum atomic E-state index is 10.3. The highest BCUT2D eigenvalue weighted by Crippen LogP contribution is 2.33. The maximum absolute atomic E-state index is 10.3. The predicted molar refractivity (Wildman–Crippen MR) is 53.9 cm³/mol. The number of rotatable bonds is 3. The topological polar surface area (TPSA) is 47.3 Å². The van der Waals surface area contributed by atoms with Gasteiger partial charge in [0.25, 0.3) is 0 Å². The largest absolute Gasteiger partial charge is 0.381 e. The van der Waals surface area contributed by atoms with Crippen LogP contribution in [0.15, 0.2) is 12.5 Å². The van der Waals surface area contributed by atoms with Gasteiger partial charge in [0.2, 0.25) is 0 Å². The molecule has 0 saturated carbocycles. The summed E-state index contributed by atoms with van der Waals surface area (Å²) in [6.45, 7) is 5.38. The van der Waals surface area contributed by atoms with Gasteiger partial charge in [0, 0.05) is 20.4 Å². The summed E-state index contributed by atoms with van der Waals surface area (Å²) in [5.74, 6) is 0. The lowest BCUT2D eigenvalue weighted by Crippen LogP contribution is -2.46. The van der Waals surface area contributed by atoms with Crippen molar-refractivity contribution >= 4 is 0 Å². The fraction of sp³-hybridized carbons (Fsp3) is 0.700. The van der Waals surface area contributed by atoms with Gasteiger partial charge in [-0.15, -0.1) is 0 Å². The van der Waals surface area contributed by atoms with E-state index in [1.54, 1.807) is 31.1 Å². The van der Waals surface area contributed by atoms with E-state index in [0.717, 1.165) is 0 Å². The molecule has 1 rings (SSSR count). The Morgan fingerprint density at radius 2 is 2.00 bits per heavy atom. The number of methoxy groups -OCH3 is 1. The summed E-state index contributed by atoms with van der Waals surface area (Å²) in [6, 6.07) is 0. The Bertz CT molecular complexity index is 316. The second-order valence-electron chi connectivity index (χ2n) is 4.21. The molecule has 0 amide bonds. The molecule has 0 radical (unpaired) electrons. The molecule has 1 unspecified atom stereocenters. The Labute approximate surface area is 84.5 Å². The molecular formula is C10H18N2O2. The summed E-state index contributed by atoms with van der Waals surface area (Å²) in [7, 11) is 3.45. The van der Waals surface area contributed by atoms with Crippen molar-refractivity contribution < 1.29 is 9.84 Å². The molecule has 1 heterocycles. The first-order valence-corrected chi connectivity index (χ1v) is 4.57. The van der Waals surface area contributed by atoms with E-state index in [1.165, 1.54) is 0 Å². The van der Waals surface area contributed by atoms with E-state index in [4.69, 9.17) is 4.74 Å². The summed E-state index contributed by atoms with van der Waals surface area (Å²) in [6.07, 6.45) is 3.45. The molecule has 0 bridgehead atoms. The Kier molecular flexibility index (Phi) is 2.69. The third-order valence-corrected chi connectivity index (χ3v) is 2.89. The van der Waals surface area contributed by atoms with Crippen LogP contribution < -0.4 is 0 Å². The third-order valence-electron chi connectivity index (χ3n) is 2.89. The van der Waals surface area contributed by atoms with E-state index in [9.17, 15) is 5.11 Å². The van der Waals surface area contributed by atoms with Crippen LogP contribution in [0.4, 0.5) is 0 Å². The van der Waals surface area contributed by atoms with Gasteiger partial charge in [0.15, 0.2) is 0 Å². The highest BCUT2D eigenvalue weighted by Gasteiger charge is 2.42. The summed E-state index contributed by atoms with van der Waals surface area (Å²) in [5.41, 5.74) is -1.14. The summed E-state index contributed by atoms with van der Waals surface area (Å²) < 4.78 is 7.07. The predicted octanol–water partition coefficient (Wildman–Crippen LogP) is 1.05. The monoisotopic (exact) mass is 198 g/mol. The second-order valence-corrected chi connectivity index (χ2v) is 4.21. The Morgan fingerprint density at radius 3 is 2.36 bits per heavy atom. The van der Waals surface area contributed by atoms with Crippen LogP contribution in [0.3, 0.4) is 0 Å². The summed E-state index contributed by atoms with van der Waals surface area (Å²) in [5, 5.41) is 10.3. The van der Waals surface area contributed by atoms with Crippen molar-refractivity contribution in [3.63, 3.8) is 0 Å². The zero-order valence-electron chi connectivity index (χ0n) is 9.40. The fourth-order valence-corrected chi connectivity index (χ4v) is 1.17. The zero-order valence-corrected chi connectivity index (χ0v) is 9.40. The lowest BCUT2D eigenvalue weighted by molar-refractivity contribution is -0.147. The molecule has 4 nitrogen and oxygen atoms in total. The van der Waals surface area contributed by atoms with Crippen LogP contribution in [0.2, 0.25) is 0 Å². The quantitative estimate of drug-likeness (QED) is 0.789. The lowest BCUT2D eigenvalue weighted by Gasteiger charge is -2.37. The molecule has 0 aromatic carbocycles. The van der Waals surface area contributed by atoms with Gasteiger partial charge in [-0.1, -0.05) is 0 Å². The standard InChI is InChI=1S/C10H18N2O2/c1-9(2,14-5)10(3,13)8-6-12(4)7-11-8/h6-7,13H,1-5H3. The Hall–Kier alpha value is -0.870. The average molecular weight is 198 g/mol. The van der Waals surface area contributed by atoms with Crippen LogP contribution in [0.25, 0.3) is 0 Å². The number of imidazole rings is 1. The molecule has 0 spiro atoms. The van der Waals surface area contributed by atoms with E-state index in [1.807, 2.05) is 20.9 Å². The number of hydrogen-bond acceptors (Lipinski definition) is 3. The number of nitrogens with zero attached hydrogens (tertiary/aromatic N) is 2. The SMILES string of the molecule is COC(C)(C)C(C)(O)c1cn(C)cn1. The van der Waals surface area contributed by atoms with Gasteiger partial charge in [0.05, 0.1) is 17.6 Å². The van der Waals surface area contributed by atoms with Crippen LogP contribution in [0.5, 0.6) is 0 Å². The molecule has 1 aromatic rings. The molecule has 0 aliphatic carbocycles. The van der Waals surface area contributed by atoms with Gasteiger partial charge < -0.3 is 14.4 Å². The van der Waals surface area contributed by atoms with Gasteiger partial charge in [-0.2, -0.15) is 0 Å². The van der Waals surface area contributed by atoms with Crippen molar-refractivity contribution in [2.24, 2.45) is 7.05 Å². The third kappa shape index (κ3) is 1.67. The molecule has 1 N–H and O–H groups in total. The highest BCUT2D eigenvalue weighted by atomic mass is 16.5. The van der Waals surface area contributed by atoms with E-state index in [0.29, 0.717) is 5.69 Å². The first-order valence-electron chi connectivity index (χ1n) is 4.57. The number of aliphatic hydroxyl groups is 1. The van der Waals surface area contributed by atoms with Crippen LogP contribution in [0, 0.1) is 0 Å². The molecule has 0 aliphatic heterocycles. The fourth-order valence-electron chi connectivity index (χ4n) is 1.17. The van der Waals surface area contributed by atoms with Crippen LogP contribution >= 0.6 is 0 Å². The van der Waals surface area contributed by atoms with Crippen LogP contribution in [-0.4, -0.2) is 27.4 Å². The van der Waals surface area contributed by atoms with E-state index >= 15 is 0 Å². The molecule has 1 aromatic heterocycles.